The summed E-state index contributed by atoms with van der Waals surface area (Å²) in [5.74, 6) is -2.02. The Labute approximate surface area is 106 Å². The molecule has 1 heterocycles. The second kappa shape index (κ2) is 6.17. The summed E-state index contributed by atoms with van der Waals surface area (Å²) < 4.78 is 41.2. The van der Waals surface area contributed by atoms with Crippen LogP contribution in [0, 0.1) is 0 Å². The Balaban J connectivity index is 2.55. The number of ether oxygens (including phenoxy) is 1. The molecule has 104 valence electrons. The summed E-state index contributed by atoms with van der Waals surface area (Å²) in [5.41, 5.74) is -0.682. The molecule has 0 saturated carbocycles. The molecule has 1 aromatic rings. The molecule has 0 aliphatic heterocycles. The number of alkyl halides is 3. The number of carbonyl (C=O) groups is 2. The Morgan fingerprint density at radius 2 is 2.05 bits per heavy atom. The molecule has 0 fully saturated rings. The van der Waals surface area contributed by atoms with E-state index in [1.807, 2.05) is 0 Å². The quantitative estimate of drug-likeness (QED) is 0.667. The van der Waals surface area contributed by atoms with Gasteiger partial charge in [-0.2, -0.15) is 13.2 Å². The lowest BCUT2D eigenvalue weighted by molar-refractivity contribution is -0.154. The number of halogens is 3. The maximum absolute atomic E-state index is 12.3. The van der Waals surface area contributed by atoms with Crippen LogP contribution in [0.15, 0.2) is 18.3 Å². The Hall–Kier alpha value is -2.12. The molecule has 0 atom stereocenters. The first-order chi connectivity index (χ1) is 8.84. The summed E-state index contributed by atoms with van der Waals surface area (Å²) >= 11 is 0. The van der Waals surface area contributed by atoms with Gasteiger partial charge in [-0.25, -0.2) is 4.79 Å². The predicted molar refractivity (Wildman–Crippen MR) is 57.7 cm³/mol. The molecule has 19 heavy (non-hydrogen) atoms. The highest BCUT2D eigenvalue weighted by molar-refractivity contribution is 6.32. The molecule has 0 bridgehead atoms. The van der Waals surface area contributed by atoms with E-state index in [-0.39, 0.29) is 18.8 Å². The van der Waals surface area contributed by atoms with Gasteiger partial charge in [-0.15, -0.1) is 0 Å². The van der Waals surface area contributed by atoms with Crippen LogP contribution in [0.3, 0.4) is 0 Å². The van der Waals surface area contributed by atoms with Crippen LogP contribution >= 0.6 is 0 Å². The number of nitrogens with zero attached hydrogens (tertiary/aromatic N) is 1. The van der Waals surface area contributed by atoms with Crippen LogP contribution in [0.25, 0.3) is 0 Å². The summed E-state index contributed by atoms with van der Waals surface area (Å²) in [4.78, 5) is 25.6. The Kier molecular flexibility index (Phi) is 4.85. The zero-order valence-electron chi connectivity index (χ0n) is 9.95. The fourth-order valence-corrected chi connectivity index (χ4v) is 1.14. The van der Waals surface area contributed by atoms with Crippen LogP contribution in [0.1, 0.15) is 18.2 Å². The first-order valence-electron chi connectivity index (χ1n) is 5.31. The summed E-state index contributed by atoms with van der Waals surface area (Å²) in [6, 6.07) is 1.97. The van der Waals surface area contributed by atoms with Crippen LogP contribution in [-0.2, 0) is 27.0 Å². The lowest BCUT2D eigenvalue weighted by Gasteiger charge is -2.07. The van der Waals surface area contributed by atoms with Gasteiger partial charge in [0, 0.05) is 6.20 Å². The maximum Gasteiger partial charge on any atom is 0.417 e. The first kappa shape index (κ1) is 14.9. The van der Waals surface area contributed by atoms with Crippen molar-refractivity contribution in [2.45, 2.75) is 19.6 Å². The van der Waals surface area contributed by atoms with E-state index < -0.39 is 23.6 Å². The van der Waals surface area contributed by atoms with Crippen LogP contribution in [0.5, 0.6) is 0 Å². The minimum absolute atomic E-state index is 0.0603. The third kappa shape index (κ3) is 4.57. The van der Waals surface area contributed by atoms with Crippen LogP contribution in [0.2, 0.25) is 0 Å². The molecule has 0 unspecified atom stereocenters. The third-order valence-corrected chi connectivity index (χ3v) is 2.04. The zero-order valence-corrected chi connectivity index (χ0v) is 9.95. The van der Waals surface area contributed by atoms with Gasteiger partial charge in [-0.3, -0.25) is 9.78 Å². The van der Waals surface area contributed by atoms with Gasteiger partial charge in [0.25, 0.3) is 0 Å². The Morgan fingerprint density at radius 3 is 2.53 bits per heavy atom. The van der Waals surface area contributed by atoms with Gasteiger partial charge in [0.15, 0.2) is 0 Å². The van der Waals surface area contributed by atoms with E-state index in [9.17, 15) is 22.8 Å². The fourth-order valence-electron chi connectivity index (χ4n) is 1.14. The lowest BCUT2D eigenvalue weighted by atomic mass is 10.2. The van der Waals surface area contributed by atoms with E-state index >= 15 is 0 Å². The molecule has 1 N–H and O–H groups in total. The highest BCUT2D eigenvalue weighted by Crippen LogP contribution is 2.28. The molecule has 1 rings (SSSR count). The molecule has 8 heteroatoms. The fraction of sp³-hybridized carbons (Fsp3) is 0.364. The van der Waals surface area contributed by atoms with Crippen molar-refractivity contribution in [3.8, 4) is 0 Å². The normalized spacial score (nSPS) is 10.9. The topological polar surface area (TPSA) is 68.3 Å². The Bertz CT molecular complexity index is 457. The summed E-state index contributed by atoms with van der Waals surface area (Å²) in [6.07, 6.45) is -3.80. The highest BCUT2D eigenvalue weighted by Gasteiger charge is 2.30. The van der Waals surface area contributed by atoms with Gasteiger partial charge in [-0.1, -0.05) is 0 Å². The molecule has 0 aliphatic rings. The highest BCUT2D eigenvalue weighted by atomic mass is 19.4. The lowest BCUT2D eigenvalue weighted by Crippen LogP contribution is -2.32. The van der Waals surface area contributed by atoms with Gasteiger partial charge in [0.2, 0.25) is 0 Å². The van der Waals surface area contributed by atoms with E-state index in [4.69, 9.17) is 0 Å². The molecule has 0 aliphatic carbocycles. The molecule has 0 aromatic carbocycles. The summed E-state index contributed by atoms with van der Waals surface area (Å²) in [7, 11) is 0. The standard InChI is InChI=1S/C11H11F3N2O3/c1-2-19-10(18)9(17)16-6-8-4-3-7(5-15-8)11(12,13)14/h3-5H,2,6H2,1H3,(H,16,17). The van der Waals surface area contributed by atoms with Crippen molar-refractivity contribution in [1.82, 2.24) is 10.3 Å². The van der Waals surface area contributed by atoms with Crippen molar-refractivity contribution in [1.29, 1.82) is 0 Å². The Morgan fingerprint density at radius 1 is 1.37 bits per heavy atom. The second-order valence-electron chi connectivity index (χ2n) is 3.44. The monoisotopic (exact) mass is 276 g/mol. The zero-order chi connectivity index (χ0) is 14.5. The van der Waals surface area contributed by atoms with Crippen molar-refractivity contribution < 1.29 is 27.5 Å². The molecule has 0 saturated heterocycles. The number of aromatic nitrogens is 1. The van der Waals surface area contributed by atoms with E-state index in [1.165, 1.54) is 0 Å². The second-order valence-corrected chi connectivity index (χ2v) is 3.44. The molecule has 0 radical (unpaired) electrons. The number of rotatable bonds is 3. The van der Waals surface area contributed by atoms with Crippen LogP contribution < -0.4 is 5.32 Å². The van der Waals surface area contributed by atoms with E-state index in [0.717, 1.165) is 12.1 Å². The van der Waals surface area contributed by atoms with E-state index in [1.54, 1.807) is 6.92 Å². The van der Waals surface area contributed by atoms with Crippen LogP contribution in [-0.4, -0.2) is 23.5 Å². The molecular weight excluding hydrogens is 265 g/mol. The number of esters is 1. The molecular formula is C11H11F3N2O3. The van der Waals surface area contributed by atoms with Crippen molar-refractivity contribution in [3.63, 3.8) is 0 Å². The average molecular weight is 276 g/mol. The minimum Gasteiger partial charge on any atom is -0.459 e. The average Bonchev–Trinajstić information content (AvgIpc) is 2.35. The largest absolute Gasteiger partial charge is 0.459 e. The van der Waals surface area contributed by atoms with E-state index in [0.29, 0.717) is 6.20 Å². The summed E-state index contributed by atoms with van der Waals surface area (Å²) in [5, 5.41) is 2.18. The number of hydrogen-bond donors (Lipinski definition) is 1. The van der Waals surface area contributed by atoms with Crippen molar-refractivity contribution in [2.24, 2.45) is 0 Å². The molecule has 1 aromatic heterocycles. The van der Waals surface area contributed by atoms with Crippen molar-refractivity contribution in [2.75, 3.05) is 6.61 Å². The van der Waals surface area contributed by atoms with Crippen molar-refractivity contribution in [3.05, 3.63) is 29.6 Å². The van der Waals surface area contributed by atoms with Crippen LogP contribution in [0.4, 0.5) is 13.2 Å². The molecule has 0 spiro atoms. The summed E-state index contributed by atoms with van der Waals surface area (Å²) in [6.45, 7) is 1.45. The molecule has 1 amide bonds. The molecule has 5 nitrogen and oxygen atoms in total. The van der Waals surface area contributed by atoms with Gasteiger partial charge < -0.3 is 10.1 Å². The number of carbonyl (C=O) groups excluding carboxylic acids is 2. The number of pyridine rings is 1. The van der Waals surface area contributed by atoms with E-state index in [2.05, 4.69) is 15.0 Å². The van der Waals surface area contributed by atoms with Gasteiger partial charge in [0.05, 0.1) is 24.4 Å². The maximum atomic E-state index is 12.3. The minimum atomic E-state index is -4.46. The van der Waals surface area contributed by atoms with Gasteiger partial charge in [-0.05, 0) is 19.1 Å². The third-order valence-electron chi connectivity index (χ3n) is 2.04. The number of nitrogens with one attached hydrogen (secondary N) is 1. The number of hydrogen-bond acceptors (Lipinski definition) is 4. The number of amides is 1. The SMILES string of the molecule is CCOC(=O)C(=O)NCc1ccc(C(F)(F)F)cn1. The van der Waals surface area contributed by atoms with Gasteiger partial charge in [0.1, 0.15) is 0 Å². The smallest absolute Gasteiger partial charge is 0.417 e. The first-order valence-corrected chi connectivity index (χ1v) is 5.31. The van der Waals surface area contributed by atoms with Gasteiger partial charge >= 0.3 is 18.1 Å². The predicted octanol–water partition coefficient (Wildman–Crippen LogP) is 1.28. The van der Waals surface area contributed by atoms with Crippen molar-refractivity contribution >= 4 is 11.9 Å².